The number of hydrogen-bond donors (Lipinski definition) is 1. The molecule has 200 valence electrons. The van der Waals surface area contributed by atoms with Crippen molar-refractivity contribution in [1.29, 1.82) is 0 Å². The smallest absolute Gasteiger partial charge is 0.275 e. The van der Waals surface area contributed by atoms with Crippen LogP contribution in [-0.2, 0) is 14.1 Å². The summed E-state index contributed by atoms with van der Waals surface area (Å²) in [4.78, 5) is 28.4. The first-order valence-electron chi connectivity index (χ1n) is 12.4. The molecule has 39 heavy (non-hydrogen) atoms. The maximum absolute atomic E-state index is 14.2. The fourth-order valence-corrected chi connectivity index (χ4v) is 5.48. The Morgan fingerprint density at radius 1 is 0.769 bits per heavy atom. The topological polar surface area (TPSA) is 83.3 Å². The molecule has 0 spiro atoms. The molecule has 3 aromatic carbocycles. The fourth-order valence-electron chi connectivity index (χ4n) is 5.27. The van der Waals surface area contributed by atoms with Crippen LogP contribution in [0.1, 0.15) is 34.0 Å². The lowest BCUT2D eigenvalue weighted by Crippen LogP contribution is -2.26. The molecule has 0 atom stereocenters. The highest BCUT2D eigenvalue weighted by Gasteiger charge is 2.35. The minimum atomic E-state index is -0.940. The first-order chi connectivity index (χ1) is 18.7. The summed E-state index contributed by atoms with van der Waals surface area (Å²) in [5.41, 5.74) is 3.03. The molecule has 0 aliphatic carbocycles. The number of rotatable bonds is 6. The van der Waals surface area contributed by atoms with Crippen molar-refractivity contribution >= 4 is 11.6 Å². The van der Waals surface area contributed by atoms with Gasteiger partial charge in [-0.3, -0.25) is 19.0 Å². The SMILES string of the molecule is COc1cc(Cl)cc(C(c2c(C)n(C)n(-c3ccccc3)c2=O)c2c(C)n(C)n(-c3ccccc3)c2=O)c1O. The molecule has 0 unspecified atom stereocenters. The summed E-state index contributed by atoms with van der Waals surface area (Å²) in [6.45, 7) is 3.66. The lowest BCUT2D eigenvalue weighted by molar-refractivity contribution is 0.370. The molecule has 0 radical (unpaired) electrons. The zero-order valence-electron chi connectivity index (χ0n) is 22.3. The van der Waals surface area contributed by atoms with Crippen LogP contribution in [-0.4, -0.2) is 30.9 Å². The van der Waals surface area contributed by atoms with Crippen molar-refractivity contribution in [2.45, 2.75) is 19.8 Å². The quantitative estimate of drug-likeness (QED) is 0.332. The van der Waals surface area contributed by atoms with Crippen LogP contribution in [0.25, 0.3) is 11.4 Å². The Bertz CT molecular complexity index is 1690. The highest BCUT2D eigenvalue weighted by atomic mass is 35.5. The molecule has 0 saturated carbocycles. The summed E-state index contributed by atoms with van der Waals surface area (Å²) in [5, 5.41) is 11.6. The van der Waals surface area contributed by atoms with Crippen molar-refractivity contribution in [3.05, 3.63) is 127 Å². The number of phenolic OH excluding ortho intramolecular Hbond substituents is 1. The van der Waals surface area contributed by atoms with Crippen LogP contribution in [0.5, 0.6) is 11.5 Å². The van der Waals surface area contributed by atoms with Crippen LogP contribution in [0.15, 0.2) is 82.4 Å². The largest absolute Gasteiger partial charge is 0.504 e. The third-order valence-electron chi connectivity index (χ3n) is 7.37. The molecule has 0 saturated heterocycles. The van der Waals surface area contributed by atoms with Crippen molar-refractivity contribution < 1.29 is 9.84 Å². The number of aromatic nitrogens is 4. The van der Waals surface area contributed by atoms with E-state index in [2.05, 4.69) is 0 Å². The average molecular weight is 545 g/mol. The van der Waals surface area contributed by atoms with Crippen molar-refractivity contribution in [3.8, 4) is 22.9 Å². The first-order valence-corrected chi connectivity index (χ1v) is 12.8. The zero-order valence-corrected chi connectivity index (χ0v) is 23.1. The molecule has 2 heterocycles. The Kier molecular flexibility index (Phi) is 6.74. The van der Waals surface area contributed by atoms with Crippen LogP contribution < -0.4 is 15.9 Å². The molecule has 0 bridgehead atoms. The predicted molar refractivity (Wildman–Crippen MR) is 152 cm³/mol. The summed E-state index contributed by atoms with van der Waals surface area (Å²) < 4.78 is 12.0. The summed E-state index contributed by atoms with van der Waals surface area (Å²) >= 11 is 6.48. The standard InChI is InChI=1S/C30H29ClN4O4/c1-18-25(29(37)34(32(18)3)21-12-8-6-9-13-21)27(23-16-20(31)17-24(39-5)28(23)36)26-19(2)33(4)35(30(26)38)22-14-10-7-11-15-22/h6-17,27,36H,1-5H3. The monoisotopic (exact) mass is 544 g/mol. The van der Waals surface area contributed by atoms with Crippen molar-refractivity contribution in [3.63, 3.8) is 0 Å². The molecular formula is C30H29ClN4O4. The van der Waals surface area contributed by atoms with Gasteiger partial charge in [-0.2, -0.15) is 0 Å². The van der Waals surface area contributed by atoms with Crippen molar-refractivity contribution in [1.82, 2.24) is 18.7 Å². The maximum atomic E-state index is 14.2. The van der Waals surface area contributed by atoms with E-state index in [9.17, 15) is 14.7 Å². The molecule has 0 fully saturated rings. The van der Waals surface area contributed by atoms with Crippen LogP contribution in [0.2, 0.25) is 5.02 Å². The molecule has 5 rings (SSSR count). The van der Waals surface area contributed by atoms with E-state index in [0.29, 0.717) is 44.5 Å². The minimum Gasteiger partial charge on any atom is -0.504 e. The highest BCUT2D eigenvalue weighted by molar-refractivity contribution is 6.30. The number of nitrogens with zero attached hydrogens (tertiary/aromatic N) is 4. The van der Waals surface area contributed by atoms with Gasteiger partial charge in [0.05, 0.1) is 35.5 Å². The number of hydrogen-bond acceptors (Lipinski definition) is 4. The van der Waals surface area contributed by atoms with Gasteiger partial charge in [0.1, 0.15) is 0 Å². The second-order valence-electron chi connectivity index (χ2n) is 9.43. The zero-order chi connectivity index (χ0) is 28.0. The molecule has 1 N–H and O–H groups in total. The number of benzene rings is 3. The van der Waals surface area contributed by atoms with E-state index in [-0.39, 0.29) is 22.6 Å². The van der Waals surface area contributed by atoms with Crippen LogP contribution in [0.4, 0.5) is 0 Å². The number of halogens is 1. The normalized spacial score (nSPS) is 11.4. The molecule has 0 amide bonds. The maximum Gasteiger partial charge on any atom is 0.275 e. The van der Waals surface area contributed by atoms with Gasteiger partial charge >= 0.3 is 0 Å². The van der Waals surface area contributed by atoms with E-state index in [0.717, 1.165) is 0 Å². The van der Waals surface area contributed by atoms with Gasteiger partial charge in [-0.05, 0) is 44.2 Å². The van der Waals surface area contributed by atoms with Crippen molar-refractivity contribution in [2.24, 2.45) is 14.1 Å². The number of methoxy groups -OCH3 is 1. The Labute approximate surface area is 230 Å². The third-order valence-corrected chi connectivity index (χ3v) is 7.59. The Morgan fingerprint density at radius 3 is 1.62 bits per heavy atom. The highest BCUT2D eigenvalue weighted by Crippen LogP contribution is 2.43. The average Bonchev–Trinajstić information content (AvgIpc) is 3.29. The first kappa shape index (κ1) is 26.2. The molecular weight excluding hydrogens is 516 g/mol. The molecule has 2 aromatic heterocycles. The van der Waals surface area contributed by atoms with Crippen LogP contribution in [0.3, 0.4) is 0 Å². The second-order valence-corrected chi connectivity index (χ2v) is 9.87. The Balaban J connectivity index is 1.90. The number of phenols is 1. The van der Waals surface area contributed by atoms with Gasteiger partial charge in [0.25, 0.3) is 11.1 Å². The number of aromatic hydroxyl groups is 1. The third kappa shape index (κ3) is 4.17. The number of ether oxygens (including phenoxy) is 1. The van der Waals surface area contributed by atoms with E-state index in [1.165, 1.54) is 13.2 Å². The summed E-state index contributed by atoms with van der Waals surface area (Å²) in [5.74, 6) is -0.976. The minimum absolute atomic E-state index is 0.149. The molecule has 5 aromatic rings. The van der Waals surface area contributed by atoms with Gasteiger partial charge in [0.2, 0.25) is 0 Å². The molecule has 0 aliphatic heterocycles. The van der Waals surface area contributed by atoms with E-state index >= 15 is 0 Å². The second kappa shape index (κ2) is 10.0. The van der Waals surface area contributed by atoms with Gasteiger partial charge in [0.15, 0.2) is 11.5 Å². The molecule has 8 nitrogen and oxygen atoms in total. The van der Waals surface area contributed by atoms with Gasteiger partial charge in [-0.1, -0.05) is 48.0 Å². The Morgan fingerprint density at radius 2 is 1.21 bits per heavy atom. The van der Waals surface area contributed by atoms with Crippen molar-refractivity contribution in [2.75, 3.05) is 7.11 Å². The Hall–Kier alpha value is -4.43. The van der Waals surface area contributed by atoms with Gasteiger partial charge in [0, 0.05) is 42.1 Å². The van der Waals surface area contributed by atoms with E-state index < -0.39 is 5.92 Å². The predicted octanol–water partition coefficient (Wildman–Crippen LogP) is 4.83. The molecule has 0 aliphatic rings. The lowest BCUT2D eigenvalue weighted by Gasteiger charge is -2.19. The van der Waals surface area contributed by atoms with E-state index in [4.69, 9.17) is 16.3 Å². The lowest BCUT2D eigenvalue weighted by atomic mass is 9.84. The summed E-state index contributed by atoms with van der Waals surface area (Å²) in [6, 6.07) is 21.6. The van der Waals surface area contributed by atoms with Gasteiger partial charge in [-0.25, -0.2) is 9.36 Å². The van der Waals surface area contributed by atoms with E-state index in [1.54, 1.807) is 38.9 Å². The molecule has 9 heteroatoms. The van der Waals surface area contributed by atoms with Gasteiger partial charge < -0.3 is 9.84 Å². The summed E-state index contributed by atoms with van der Waals surface area (Å²) in [7, 11) is 5.02. The van der Waals surface area contributed by atoms with Crippen LogP contribution in [0, 0.1) is 13.8 Å². The fraction of sp³-hybridized carbons (Fsp3) is 0.200. The van der Waals surface area contributed by atoms with Gasteiger partial charge in [-0.15, -0.1) is 0 Å². The number of para-hydroxylation sites is 2. The summed E-state index contributed by atoms with van der Waals surface area (Å²) in [6.07, 6.45) is 0. The van der Waals surface area contributed by atoms with Crippen LogP contribution >= 0.6 is 11.6 Å². The van der Waals surface area contributed by atoms with E-state index in [1.807, 2.05) is 74.5 Å².